The maximum absolute atomic E-state index is 11.9. The Labute approximate surface area is 47.2 Å². The maximum Gasteiger partial charge on any atom is 0.249 e. The van der Waals surface area contributed by atoms with Crippen LogP contribution in [0.2, 0.25) is 0 Å². The summed E-state index contributed by atoms with van der Waals surface area (Å²) in [6.45, 7) is 3.41. The Balaban J connectivity index is 2.31. The van der Waals surface area contributed by atoms with E-state index in [1.807, 2.05) is 0 Å². The van der Waals surface area contributed by atoms with Crippen LogP contribution in [0.4, 0.5) is 8.78 Å². The highest BCUT2D eigenvalue weighted by atomic mass is 19.3. The maximum atomic E-state index is 11.9. The van der Waals surface area contributed by atoms with E-state index in [1.165, 1.54) is 0 Å². The van der Waals surface area contributed by atoms with Crippen molar-refractivity contribution >= 4 is 0 Å². The third-order valence-electron chi connectivity index (χ3n) is 1.45. The first kappa shape index (κ1) is 5.73. The van der Waals surface area contributed by atoms with Gasteiger partial charge in [-0.1, -0.05) is 6.08 Å². The average molecular weight is 118 g/mol. The van der Waals surface area contributed by atoms with Gasteiger partial charge in [-0.15, -0.1) is 6.58 Å². The molecule has 0 amide bonds. The smallest absolute Gasteiger partial charge is 0.207 e. The molecular weight excluding hydrogens is 110 g/mol. The third kappa shape index (κ3) is 0.881. The van der Waals surface area contributed by atoms with Crippen LogP contribution in [-0.2, 0) is 0 Å². The predicted molar refractivity (Wildman–Crippen MR) is 27.9 cm³/mol. The van der Waals surface area contributed by atoms with E-state index in [1.54, 1.807) is 6.08 Å². The lowest BCUT2D eigenvalue weighted by molar-refractivity contribution is -0.0961. The van der Waals surface area contributed by atoms with Crippen LogP contribution in [0.25, 0.3) is 0 Å². The zero-order chi connectivity index (χ0) is 6.20. The summed E-state index contributed by atoms with van der Waals surface area (Å²) in [4.78, 5) is 0. The van der Waals surface area contributed by atoms with E-state index in [2.05, 4.69) is 6.58 Å². The molecule has 2 heteroatoms. The van der Waals surface area contributed by atoms with Gasteiger partial charge >= 0.3 is 0 Å². The van der Waals surface area contributed by atoms with E-state index in [0.717, 1.165) is 0 Å². The van der Waals surface area contributed by atoms with E-state index < -0.39 is 5.92 Å². The molecular formula is C6H8F2. The minimum absolute atomic E-state index is 0.0104. The van der Waals surface area contributed by atoms with Crippen molar-refractivity contribution in [1.82, 2.24) is 0 Å². The molecule has 0 nitrogen and oxygen atoms in total. The lowest BCUT2D eigenvalue weighted by atomic mass is 9.82. The largest absolute Gasteiger partial charge is 0.249 e. The molecule has 1 saturated carbocycles. The first-order chi connectivity index (χ1) is 3.64. The van der Waals surface area contributed by atoms with Crippen molar-refractivity contribution in [3.05, 3.63) is 12.7 Å². The number of hydrogen-bond donors (Lipinski definition) is 0. The number of rotatable bonds is 1. The predicted octanol–water partition coefficient (Wildman–Crippen LogP) is 2.22. The molecule has 0 aromatic rings. The van der Waals surface area contributed by atoms with Gasteiger partial charge in [0.2, 0.25) is 5.92 Å². The van der Waals surface area contributed by atoms with Crippen LogP contribution in [-0.4, -0.2) is 5.92 Å². The van der Waals surface area contributed by atoms with Crippen LogP contribution >= 0.6 is 0 Å². The lowest BCUT2D eigenvalue weighted by Gasteiger charge is -2.32. The van der Waals surface area contributed by atoms with Crippen LogP contribution in [0.3, 0.4) is 0 Å². The highest BCUT2D eigenvalue weighted by Crippen LogP contribution is 2.42. The molecule has 1 aliphatic carbocycles. The zero-order valence-electron chi connectivity index (χ0n) is 4.53. The van der Waals surface area contributed by atoms with Crippen molar-refractivity contribution in [1.29, 1.82) is 0 Å². The fourth-order valence-electron chi connectivity index (χ4n) is 0.874. The second kappa shape index (κ2) is 1.54. The molecule has 0 spiro atoms. The Morgan fingerprint density at radius 3 is 2.12 bits per heavy atom. The van der Waals surface area contributed by atoms with Gasteiger partial charge in [-0.25, -0.2) is 8.78 Å². The van der Waals surface area contributed by atoms with Gasteiger partial charge in [0.15, 0.2) is 0 Å². The van der Waals surface area contributed by atoms with E-state index in [4.69, 9.17) is 0 Å². The Bertz CT molecular complexity index is 99.1. The number of alkyl halides is 2. The van der Waals surface area contributed by atoms with Gasteiger partial charge in [0, 0.05) is 12.8 Å². The van der Waals surface area contributed by atoms with Gasteiger partial charge < -0.3 is 0 Å². The van der Waals surface area contributed by atoms with Gasteiger partial charge in [0.1, 0.15) is 0 Å². The monoisotopic (exact) mass is 118 g/mol. The van der Waals surface area contributed by atoms with Crippen LogP contribution < -0.4 is 0 Å². The molecule has 0 bridgehead atoms. The molecule has 0 atom stereocenters. The topological polar surface area (TPSA) is 0 Å². The second-order valence-corrected chi connectivity index (χ2v) is 2.26. The fourth-order valence-corrected chi connectivity index (χ4v) is 0.874. The van der Waals surface area contributed by atoms with E-state index in [0.29, 0.717) is 0 Å². The number of halogens is 2. The quantitative estimate of drug-likeness (QED) is 0.463. The normalized spacial score (nSPS) is 26.8. The Morgan fingerprint density at radius 1 is 1.50 bits per heavy atom. The molecule has 0 radical (unpaired) electrons. The Morgan fingerprint density at radius 2 is 2.00 bits per heavy atom. The molecule has 0 unspecified atom stereocenters. The molecule has 0 saturated heterocycles. The summed E-state index contributed by atoms with van der Waals surface area (Å²) in [6.07, 6.45) is 1.62. The summed E-state index contributed by atoms with van der Waals surface area (Å²) in [6, 6.07) is 0. The van der Waals surface area contributed by atoms with Gasteiger partial charge in [0.25, 0.3) is 0 Å². The van der Waals surface area contributed by atoms with Crippen molar-refractivity contribution in [2.45, 2.75) is 18.8 Å². The molecule has 8 heavy (non-hydrogen) atoms. The molecule has 1 rings (SSSR count). The molecule has 0 aromatic heterocycles. The average Bonchev–Trinajstić information content (AvgIpc) is 1.60. The van der Waals surface area contributed by atoms with Crippen molar-refractivity contribution < 1.29 is 8.78 Å². The molecule has 0 aliphatic heterocycles. The minimum Gasteiger partial charge on any atom is -0.207 e. The fraction of sp³-hybridized carbons (Fsp3) is 0.667. The first-order valence-corrected chi connectivity index (χ1v) is 2.64. The van der Waals surface area contributed by atoms with Crippen molar-refractivity contribution in [3.63, 3.8) is 0 Å². The molecule has 0 aromatic carbocycles. The van der Waals surface area contributed by atoms with Gasteiger partial charge in [-0.05, 0) is 5.92 Å². The second-order valence-electron chi connectivity index (χ2n) is 2.26. The number of allylic oxidation sites excluding steroid dienone is 1. The minimum atomic E-state index is -2.38. The van der Waals surface area contributed by atoms with Crippen LogP contribution in [0.15, 0.2) is 12.7 Å². The Hall–Kier alpha value is -0.400. The lowest BCUT2D eigenvalue weighted by Crippen LogP contribution is -2.33. The zero-order valence-corrected chi connectivity index (χ0v) is 4.53. The van der Waals surface area contributed by atoms with Crippen molar-refractivity contribution in [2.75, 3.05) is 0 Å². The standard InChI is InChI=1S/C6H8F2/c1-2-5-3-6(7,8)4-5/h2,5H,1,3-4H2. The van der Waals surface area contributed by atoms with Crippen molar-refractivity contribution in [2.24, 2.45) is 5.92 Å². The SMILES string of the molecule is C=CC1CC(F)(F)C1. The van der Waals surface area contributed by atoms with E-state index in [9.17, 15) is 8.78 Å². The third-order valence-corrected chi connectivity index (χ3v) is 1.45. The first-order valence-electron chi connectivity index (χ1n) is 2.64. The molecule has 0 heterocycles. The summed E-state index contributed by atoms with van der Waals surface area (Å²) in [5.41, 5.74) is 0. The van der Waals surface area contributed by atoms with Crippen molar-refractivity contribution in [3.8, 4) is 0 Å². The van der Waals surface area contributed by atoms with E-state index in [-0.39, 0.29) is 18.8 Å². The van der Waals surface area contributed by atoms with E-state index >= 15 is 0 Å². The molecule has 0 N–H and O–H groups in total. The summed E-state index contributed by atoms with van der Waals surface area (Å²) in [7, 11) is 0. The van der Waals surface area contributed by atoms with Gasteiger partial charge in [-0.2, -0.15) is 0 Å². The van der Waals surface area contributed by atoms with Gasteiger partial charge in [0.05, 0.1) is 0 Å². The summed E-state index contributed by atoms with van der Waals surface area (Å²) in [5, 5.41) is 0. The highest BCUT2D eigenvalue weighted by molar-refractivity contribution is 4.95. The highest BCUT2D eigenvalue weighted by Gasteiger charge is 2.43. The summed E-state index contributed by atoms with van der Waals surface area (Å²) >= 11 is 0. The summed E-state index contributed by atoms with van der Waals surface area (Å²) in [5.74, 6) is -2.30. The van der Waals surface area contributed by atoms with Crippen LogP contribution in [0.1, 0.15) is 12.8 Å². The van der Waals surface area contributed by atoms with Gasteiger partial charge in [-0.3, -0.25) is 0 Å². The molecule has 46 valence electrons. The summed E-state index contributed by atoms with van der Waals surface area (Å²) < 4.78 is 23.9. The number of hydrogen-bond acceptors (Lipinski definition) is 0. The molecule has 1 aliphatic rings. The molecule has 1 fully saturated rings. The van der Waals surface area contributed by atoms with Crippen LogP contribution in [0, 0.1) is 5.92 Å². The van der Waals surface area contributed by atoms with Crippen LogP contribution in [0.5, 0.6) is 0 Å². The Kier molecular flexibility index (Phi) is 1.10.